The molecule has 0 spiro atoms. The number of thioether (sulfide) groups is 1. The molecular weight excluding hydrogens is 450 g/mol. The molecule has 0 aliphatic rings. The van der Waals surface area contributed by atoms with Gasteiger partial charge >= 0.3 is 0 Å². The van der Waals surface area contributed by atoms with Crippen LogP contribution in [0.1, 0.15) is 11.4 Å². The Morgan fingerprint density at radius 2 is 1.87 bits per heavy atom. The molecular formula is C22H20ClN5OS2. The summed E-state index contributed by atoms with van der Waals surface area (Å²) in [6.07, 6.45) is 1.70. The number of nitrogens with zero attached hydrogens (tertiary/aromatic N) is 4. The van der Waals surface area contributed by atoms with Crippen LogP contribution in [0, 0.1) is 0 Å². The van der Waals surface area contributed by atoms with Crippen molar-refractivity contribution in [2.24, 2.45) is 7.05 Å². The standard InChI is InChI=1S/C22H20ClN5OS2/c1-28-19(12-7-15-5-3-2-4-6-15)26-27-22(28)31-14-20(29)25-21-24-18(13-30-21)16-8-10-17(23)11-9-16/h2-6,8-11,13H,7,12,14H2,1H3,(H,24,25,29). The van der Waals surface area contributed by atoms with Crippen molar-refractivity contribution in [1.82, 2.24) is 19.7 Å². The molecule has 2 aromatic carbocycles. The summed E-state index contributed by atoms with van der Waals surface area (Å²) in [5, 5.41) is 15.2. The second-order valence-corrected chi connectivity index (χ2v) is 9.06. The van der Waals surface area contributed by atoms with Crippen LogP contribution in [-0.2, 0) is 24.7 Å². The SMILES string of the molecule is Cn1c(CCc2ccccc2)nnc1SCC(=O)Nc1nc(-c2ccc(Cl)cc2)cs1. The summed E-state index contributed by atoms with van der Waals surface area (Å²) in [6.45, 7) is 0. The normalized spacial score (nSPS) is 10.9. The van der Waals surface area contributed by atoms with E-state index in [9.17, 15) is 4.79 Å². The Bertz CT molecular complexity index is 1160. The number of aryl methyl sites for hydroxylation is 2. The third-order valence-electron chi connectivity index (χ3n) is 4.63. The van der Waals surface area contributed by atoms with Crippen molar-refractivity contribution in [2.75, 3.05) is 11.1 Å². The fourth-order valence-electron chi connectivity index (χ4n) is 2.96. The van der Waals surface area contributed by atoms with Crippen molar-refractivity contribution < 1.29 is 4.79 Å². The largest absolute Gasteiger partial charge is 0.309 e. The Morgan fingerprint density at radius 3 is 2.65 bits per heavy atom. The molecule has 0 bridgehead atoms. The summed E-state index contributed by atoms with van der Waals surface area (Å²) in [4.78, 5) is 16.8. The van der Waals surface area contributed by atoms with Gasteiger partial charge < -0.3 is 9.88 Å². The fraction of sp³-hybridized carbons (Fsp3) is 0.182. The number of hydrogen-bond donors (Lipinski definition) is 1. The minimum Gasteiger partial charge on any atom is -0.309 e. The maximum atomic E-state index is 12.4. The van der Waals surface area contributed by atoms with Crippen LogP contribution < -0.4 is 5.32 Å². The second kappa shape index (κ2) is 10.1. The molecule has 158 valence electrons. The third kappa shape index (κ3) is 5.72. The molecule has 6 nitrogen and oxygen atoms in total. The van der Waals surface area contributed by atoms with E-state index in [0.717, 1.165) is 35.1 Å². The van der Waals surface area contributed by atoms with Crippen LogP contribution in [0.4, 0.5) is 5.13 Å². The highest BCUT2D eigenvalue weighted by atomic mass is 35.5. The van der Waals surface area contributed by atoms with Crippen LogP contribution in [0.2, 0.25) is 5.02 Å². The molecule has 0 aliphatic heterocycles. The second-order valence-electron chi connectivity index (χ2n) is 6.83. The van der Waals surface area contributed by atoms with Crippen LogP contribution in [0.3, 0.4) is 0 Å². The zero-order valence-electron chi connectivity index (χ0n) is 16.8. The van der Waals surface area contributed by atoms with E-state index in [2.05, 4.69) is 32.6 Å². The minimum absolute atomic E-state index is 0.129. The van der Waals surface area contributed by atoms with Crippen molar-refractivity contribution in [1.29, 1.82) is 0 Å². The molecule has 0 unspecified atom stereocenters. The molecule has 1 amide bonds. The minimum atomic E-state index is -0.129. The van der Waals surface area contributed by atoms with Crippen molar-refractivity contribution in [3.05, 3.63) is 76.4 Å². The number of hydrogen-bond acceptors (Lipinski definition) is 6. The Hall–Kier alpha value is -2.68. The predicted molar refractivity (Wildman–Crippen MR) is 127 cm³/mol. The summed E-state index contributed by atoms with van der Waals surface area (Å²) in [7, 11) is 1.93. The van der Waals surface area contributed by atoms with Crippen molar-refractivity contribution in [2.45, 2.75) is 18.0 Å². The molecule has 0 fully saturated rings. The van der Waals surface area contributed by atoms with E-state index in [1.807, 2.05) is 59.5 Å². The van der Waals surface area contributed by atoms with Crippen LogP contribution >= 0.6 is 34.7 Å². The van der Waals surface area contributed by atoms with Crippen molar-refractivity contribution in [3.8, 4) is 11.3 Å². The molecule has 2 aromatic heterocycles. The number of benzene rings is 2. The number of nitrogens with one attached hydrogen (secondary N) is 1. The molecule has 4 aromatic rings. The monoisotopic (exact) mass is 469 g/mol. The number of thiazole rings is 1. The van der Waals surface area contributed by atoms with Gasteiger partial charge in [0.1, 0.15) is 5.82 Å². The molecule has 31 heavy (non-hydrogen) atoms. The summed E-state index contributed by atoms with van der Waals surface area (Å²) in [5.41, 5.74) is 3.03. The number of aromatic nitrogens is 4. The molecule has 1 N–H and O–H groups in total. The zero-order chi connectivity index (χ0) is 21.6. The Labute approximate surface area is 193 Å². The molecule has 0 radical (unpaired) electrons. The van der Waals surface area contributed by atoms with Gasteiger partial charge in [0.25, 0.3) is 0 Å². The first kappa shape index (κ1) is 21.5. The average molecular weight is 470 g/mol. The average Bonchev–Trinajstić information content (AvgIpc) is 3.38. The van der Waals surface area contributed by atoms with E-state index >= 15 is 0 Å². The van der Waals surface area contributed by atoms with Crippen LogP contribution in [-0.4, -0.2) is 31.4 Å². The number of carbonyl (C=O) groups is 1. The highest BCUT2D eigenvalue weighted by molar-refractivity contribution is 7.99. The van der Waals surface area contributed by atoms with E-state index in [4.69, 9.17) is 11.6 Å². The number of amides is 1. The van der Waals surface area contributed by atoms with Crippen molar-refractivity contribution in [3.63, 3.8) is 0 Å². The lowest BCUT2D eigenvalue weighted by molar-refractivity contribution is -0.113. The predicted octanol–water partition coefficient (Wildman–Crippen LogP) is 5.11. The third-order valence-corrected chi connectivity index (χ3v) is 6.66. The lowest BCUT2D eigenvalue weighted by Crippen LogP contribution is -2.14. The molecule has 4 rings (SSSR count). The zero-order valence-corrected chi connectivity index (χ0v) is 19.2. The maximum absolute atomic E-state index is 12.4. The fourth-order valence-corrected chi connectivity index (χ4v) is 4.55. The first-order valence-electron chi connectivity index (χ1n) is 9.65. The van der Waals surface area contributed by atoms with Crippen molar-refractivity contribution >= 4 is 45.7 Å². The van der Waals surface area contributed by atoms with Gasteiger partial charge in [-0.05, 0) is 24.1 Å². The van der Waals surface area contributed by atoms with Gasteiger partial charge in [0, 0.05) is 29.4 Å². The maximum Gasteiger partial charge on any atom is 0.236 e. The summed E-state index contributed by atoms with van der Waals surface area (Å²) < 4.78 is 1.95. The van der Waals surface area contributed by atoms with Gasteiger partial charge in [0.05, 0.1) is 11.4 Å². The van der Waals surface area contributed by atoms with E-state index in [1.165, 1.54) is 28.7 Å². The molecule has 0 saturated heterocycles. The smallest absolute Gasteiger partial charge is 0.236 e. The quantitative estimate of drug-likeness (QED) is 0.363. The molecule has 9 heteroatoms. The Kier molecular flexibility index (Phi) is 7.01. The van der Waals surface area contributed by atoms with E-state index in [0.29, 0.717) is 10.2 Å². The Morgan fingerprint density at radius 1 is 1.10 bits per heavy atom. The van der Waals surface area contributed by atoms with E-state index < -0.39 is 0 Å². The first-order valence-corrected chi connectivity index (χ1v) is 11.9. The first-order chi connectivity index (χ1) is 15.1. The number of carbonyl (C=O) groups excluding carboxylic acids is 1. The number of halogens is 1. The highest BCUT2D eigenvalue weighted by Gasteiger charge is 2.13. The van der Waals surface area contributed by atoms with Gasteiger partial charge in [-0.3, -0.25) is 4.79 Å². The van der Waals surface area contributed by atoms with Gasteiger partial charge in [0.2, 0.25) is 5.91 Å². The lowest BCUT2D eigenvalue weighted by Gasteiger charge is -2.04. The van der Waals surface area contributed by atoms with E-state index in [1.54, 1.807) is 0 Å². The lowest BCUT2D eigenvalue weighted by atomic mass is 10.1. The van der Waals surface area contributed by atoms with Crippen LogP contribution in [0.5, 0.6) is 0 Å². The molecule has 2 heterocycles. The topological polar surface area (TPSA) is 72.7 Å². The van der Waals surface area contributed by atoms with Gasteiger partial charge in [-0.15, -0.1) is 21.5 Å². The molecule has 0 atom stereocenters. The molecule has 0 saturated carbocycles. The Balaban J connectivity index is 1.29. The van der Waals surface area contributed by atoms with Crippen LogP contribution in [0.25, 0.3) is 11.3 Å². The summed E-state index contributed by atoms with van der Waals surface area (Å²) >= 11 is 8.68. The van der Waals surface area contributed by atoms with Gasteiger partial charge in [0.15, 0.2) is 10.3 Å². The number of anilines is 1. The van der Waals surface area contributed by atoms with Crippen LogP contribution in [0.15, 0.2) is 65.1 Å². The summed E-state index contributed by atoms with van der Waals surface area (Å²) in [5.74, 6) is 1.01. The van der Waals surface area contributed by atoms with Gasteiger partial charge in [-0.2, -0.15) is 0 Å². The summed E-state index contributed by atoms with van der Waals surface area (Å²) in [6, 6.07) is 17.7. The molecule has 0 aliphatic carbocycles. The van der Waals surface area contributed by atoms with Gasteiger partial charge in [-0.1, -0.05) is 65.8 Å². The number of rotatable bonds is 8. The highest BCUT2D eigenvalue weighted by Crippen LogP contribution is 2.26. The van der Waals surface area contributed by atoms with E-state index in [-0.39, 0.29) is 11.7 Å². The van der Waals surface area contributed by atoms with Gasteiger partial charge in [-0.25, -0.2) is 4.98 Å².